The highest BCUT2D eigenvalue weighted by molar-refractivity contribution is 5.46. The minimum atomic E-state index is 0.663. The van der Waals surface area contributed by atoms with E-state index in [0.717, 1.165) is 44.1 Å². The van der Waals surface area contributed by atoms with Gasteiger partial charge < -0.3 is 10.6 Å². The van der Waals surface area contributed by atoms with Gasteiger partial charge in [-0.15, -0.1) is 0 Å². The molecule has 2 aliphatic heterocycles. The lowest BCUT2D eigenvalue weighted by molar-refractivity contribution is 0.135. The van der Waals surface area contributed by atoms with Crippen LogP contribution in [-0.4, -0.2) is 40.5 Å². The van der Waals surface area contributed by atoms with Gasteiger partial charge in [0.2, 0.25) is 0 Å². The normalized spacial score (nSPS) is 20.5. The second-order valence-corrected chi connectivity index (χ2v) is 7.40. The second kappa shape index (κ2) is 8.60. The van der Waals surface area contributed by atoms with E-state index >= 15 is 0 Å². The van der Waals surface area contributed by atoms with Crippen molar-refractivity contribution in [2.24, 2.45) is 0 Å². The zero-order valence-electron chi connectivity index (χ0n) is 15.5. The van der Waals surface area contributed by atoms with Crippen LogP contribution in [0, 0.1) is 0 Å². The van der Waals surface area contributed by atoms with Crippen LogP contribution in [0.15, 0.2) is 36.7 Å². The number of hydrogen-bond donors (Lipinski definition) is 2. The number of fused-ring (bicyclic) bond motifs is 1. The van der Waals surface area contributed by atoms with Crippen LogP contribution in [0.2, 0.25) is 0 Å². The van der Waals surface area contributed by atoms with Gasteiger partial charge in [-0.2, -0.15) is 0 Å². The molecule has 0 saturated carbocycles. The maximum Gasteiger partial charge on any atom is 0.132 e. The minimum Gasteiger partial charge on any atom is -0.370 e. The average molecular weight is 351 g/mol. The first-order valence-corrected chi connectivity index (χ1v) is 9.95. The molecule has 0 aliphatic carbocycles. The molecule has 5 heteroatoms. The standard InChI is InChI=1S/C21H29N5/c1-2-6-17(7-3-1)15-26-13-5-4-8-18(26)9-12-23-21-19-10-11-22-14-20(19)24-16-25-21/h1-3,6-7,16,18,22H,4-5,8-15H2,(H,23,24,25). The Hall–Kier alpha value is -1.98. The van der Waals surface area contributed by atoms with Crippen LogP contribution in [0.5, 0.6) is 0 Å². The molecule has 2 aliphatic rings. The Morgan fingerprint density at radius 2 is 2.08 bits per heavy atom. The van der Waals surface area contributed by atoms with Gasteiger partial charge in [-0.25, -0.2) is 9.97 Å². The molecule has 1 atom stereocenters. The van der Waals surface area contributed by atoms with Crippen molar-refractivity contribution in [1.82, 2.24) is 20.2 Å². The zero-order chi connectivity index (χ0) is 17.6. The number of piperidine rings is 1. The van der Waals surface area contributed by atoms with Gasteiger partial charge in [0.25, 0.3) is 0 Å². The van der Waals surface area contributed by atoms with E-state index in [1.807, 2.05) is 0 Å². The summed E-state index contributed by atoms with van der Waals surface area (Å²) in [5.41, 5.74) is 3.87. The van der Waals surface area contributed by atoms with E-state index in [1.54, 1.807) is 6.33 Å². The third kappa shape index (κ3) is 4.22. The number of anilines is 1. The topological polar surface area (TPSA) is 53.1 Å². The van der Waals surface area contributed by atoms with Gasteiger partial charge in [-0.05, 0) is 44.3 Å². The van der Waals surface area contributed by atoms with Gasteiger partial charge in [0.05, 0.1) is 5.69 Å². The van der Waals surface area contributed by atoms with E-state index < -0.39 is 0 Å². The van der Waals surface area contributed by atoms with Crippen LogP contribution in [0.4, 0.5) is 5.82 Å². The molecule has 138 valence electrons. The zero-order valence-corrected chi connectivity index (χ0v) is 15.5. The Morgan fingerprint density at radius 3 is 3.00 bits per heavy atom. The van der Waals surface area contributed by atoms with Crippen LogP contribution in [0.1, 0.15) is 42.5 Å². The summed E-state index contributed by atoms with van der Waals surface area (Å²) in [5, 5.41) is 6.98. The summed E-state index contributed by atoms with van der Waals surface area (Å²) in [7, 11) is 0. The Morgan fingerprint density at radius 1 is 1.15 bits per heavy atom. The molecule has 1 saturated heterocycles. The van der Waals surface area contributed by atoms with Crippen molar-refractivity contribution in [3.63, 3.8) is 0 Å². The molecule has 2 N–H and O–H groups in total. The largest absolute Gasteiger partial charge is 0.370 e. The summed E-state index contributed by atoms with van der Waals surface area (Å²) in [4.78, 5) is 11.6. The molecular formula is C21H29N5. The van der Waals surface area contributed by atoms with Crippen LogP contribution in [0.25, 0.3) is 0 Å². The first-order chi connectivity index (χ1) is 12.9. The predicted molar refractivity (Wildman–Crippen MR) is 105 cm³/mol. The summed E-state index contributed by atoms with van der Waals surface area (Å²) >= 11 is 0. The van der Waals surface area contributed by atoms with Crippen molar-refractivity contribution in [1.29, 1.82) is 0 Å². The third-order valence-corrected chi connectivity index (χ3v) is 5.63. The average Bonchev–Trinajstić information content (AvgIpc) is 2.70. The highest BCUT2D eigenvalue weighted by atomic mass is 15.2. The SMILES string of the molecule is c1ccc(CN2CCCCC2CCNc2ncnc3c2CCNC3)cc1. The summed E-state index contributed by atoms with van der Waals surface area (Å²) in [5.74, 6) is 1.04. The smallest absolute Gasteiger partial charge is 0.132 e. The van der Waals surface area contributed by atoms with Gasteiger partial charge in [-0.1, -0.05) is 36.8 Å². The molecule has 0 bridgehead atoms. The van der Waals surface area contributed by atoms with Gasteiger partial charge in [0.15, 0.2) is 0 Å². The fourth-order valence-electron chi connectivity index (χ4n) is 4.21. The van der Waals surface area contributed by atoms with Crippen LogP contribution in [0.3, 0.4) is 0 Å². The van der Waals surface area contributed by atoms with E-state index in [4.69, 9.17) is 0 Å². The Kier molecular flexibility index (Phi) is 5.77. The maximum atomic E-state index is 4.50. The van der Waals surface area contributed by atoms with E-state index in [0.29, 0.717) is 6.04 Å². The highest BCUT2D eigenvalue weighted by Gasteiger charge is 2.22. The van der Waals surface area contributed by atoms with Crippen molar-refractivity contribution in [3.05, 3.63) is 53.5 Å². The lowest BCUT2D eigenvalue weighted by Crippen LogP contribution is -2.40. The highest BCUT2D eigenvalue weighted by Crippen LogP contribution is 2.23. The van der Waals surface area contributed by atoms with E-state index in [1.165, 1.54) is 43.4 Å². The first-order valence-electron chi connectivity index (χ1n) is 9.95. The van der Waals surface area contributed by atoms with Crippen LogP contribution >= 0.6 is 0 Å². The third-order valence-electron chi connectivity index (χ3n) is 5.63. The number of aromatic nitrogens is 2. The molecule has 1 aromatic carbocycles. The molecule has 0 amide bonds. The molecule has 1 aromatic heterocycles. The number of nitrogens with zero attached hydrogens (tertiary/aromatic N) is 3. The lowest BCUT2D eigenvalue weighted by Gasteiger charge is -2.36. The van der Waals surface area contributed by atoms with E-state index in [9.17, 15) is 0 Å². The molecule has 1 fully saturated rings. The fourth-order valence-corrected chi connectivity index (χ4v) is 4.21. The fraction of sp³-hybridized carbons (Fsp3) is 0.524. The van der Waals surface area contributed by atoms with Gasteiger partial charge in [-0.3, -0.25) is 4.90 Å². The molecular weight excluding hydrogens is 322 g/mol. The first kappa shape index (κ1) is 17.4. The summed E-state index contributed by atoms with van der Waals surface area (Å²) in [6, 6.07) is 11.5. The minimum absolute atomic E-state index is 0.663. The molecule has 1 unspecified atom stereocenters. The molecule has 0 spiro atoms. The van der Waals surface area contributed by atoms with Crippen molar-refractivity contribution in [2.45, 2.75) is 51.2 Å². The predicted octanol–water partition coefficient (Wildman–Crippen LogP) is 2.98. The van der Waals surface area contributed by atoms with Gasteiger partial charge >= 0.3 is 0 Å². The Bertz CT molecular complexity index is 703. The molecule has 4 rings (SSSR count). The number of likely N-dealkylation sites (tertiary alicyclic amines) is 1. The van der Waals surface area contributed by atoms with Crippen molar-refractivity contribution in [3.8, 4) is 0 Å². The Balaban J connectivity index is 1.34. The number of nitrogens with one attached hydrogen (secondary N) is 2. The molecule has 0 radical (unpaired) electrons. The quantitative estimate of drug-likeness (QED) is 0.838. The number of hydrogen-bond acceptors (Lipinski definition) is 5. The molecule has 5 nitrogen and oxygen atoms in total. The van der Waals surface area contributed by atoms with Gasteiger partial charge in [0.1, 0.15) is 12.1 Å². The lowest BCUT2D eigenvalue weighted by atomic mass is 9.98. The second-order valence-electron chi connectivity index (χ2n) is 7.40. The summed E-state index contributed by atoms with van der Waals surface area (Å²) < 4.78 is 0. The monoisotopic (exact) mass is 351 g/mol. The summed E-state index contributed by atoms with van der Waals surface area (Å²) in [6.07, 6.45) is 7.86. The Labute approximate surface area is 156 Å². The number of rotatable bonds is 6. The van der Waals surface area contributed by atoms with Crippen molar-refractivity contribution < 1.29 is 0 Å². The van der Waals surface area contributed by atoms with Gasteiger partial charge in [0, 0.05) is 31.2 Å². The summed E-state index contributed by atoms with van der Waals surface area (Å²) in [6.45, 7) is 5.14. The molecule has 3 heterocycles. The van der Waals surface area contributed by atoms with Crippen LogP contribution < -0.4 is 10.6 Å². The van der Waals surface area contributed by atoms with Crippen molar-refractivity contribution in [2.75, 3.05) is 25.0 Å². The van der Waals surface area contributed by atoms with E-state index in [2.05, 4.69) is 55.8 Å². The number of benzene rings is 1. The molecule has 2 aromatic rings. The van der Waals surface area contributed by atoms with Crippen molar-refractivity contribution >= 4 is 5.82 Å². The maximum absolute atomic E-state index is 4.50. The molecule has 26 heavy (non-hydrogen) atoms. The van der Waals surface area contributed by atoms with Crippen LogP contribution in [-0.2, 0) is 19.5 Å². The van der Waals surface area contributed by atoms with E-state index in [-0.39, 0.29) is 0 Å².